The largest absolute Gasteiger partial charge is 0.345 e. The fraction of sp³-hybridized carbons (Fsp3) is 0.357. The summed E-state index contributed by atoms with van der Waals surface area (Å²) in [7, 11) is 0. The molecule has 2 N–H and O–H groups in total. The third-order valence-electron chi connectivity index (χ3n) is 3.44. The van der Waals surface area contributed by atoms with Crippen molar-refractivity contribution in [2.24, 2.45) is 0 Å². The number of H-pyrrole nitrogens is 1. The molecule has 3 rings (SSSR count). The first-order valence-corrected chi connectivity index (χ1v) is 8.32. The summed E-state index contributed by atoms with van der Waals surface area (Å²) in [6.45, 7) is 0.260. The van der Waals surface area contributed by atoms with E-state index in [1.165, 1.54) is 24.3 Å². The first-order valence-electron chi connectivity index (χ1n) is 7.03. The fourth-order valence-electron chi connectivity index (χ4n) is 2.22. The molecule has 5 nitrogen and oxygen atoms in total. The first kappa shape index (κ1) is 16.1. The lowest BCUT2D eigenvalue weighted by molar-refractivity contribution is 0.0949. The number of thioether (sulfide) groups is 1. The van der Waals surface area contributed by atoms with E-state index in [9.17, 15) is 13.6 Å². The molecule has 1 saturated carbocycles. The Morgan fingerprint density at radius 3 is 2.74 bits per heavy atom. The average Bonchev–Trinajstić information content (AvgIpc) is 3.28. The number of hydrogen-bond donors (Lipinski definition) is 2. The molecule has 23 heavy (non-hydrogen) atoms. The van der Waals surface area contributed by atoms with Crippen LogP contribution in [0, 0.1) is 4.77 Å². The van der Waals surface area contributed by atoms with E-state index in [-0.39, 0.29) is 12.5 Å². The highest BCUT2D eigenvalue weighted by molar-refractivity contribution is 7.99. The third kappa shape index (κ3) is 3.97. The number of aromatic nitrogens is 3. The van der Waals surface area contributed by atoms with E-state index in [2.05, 4.69) is 15.5 Å². The molecule has 1 aromatic heterocycles. The number of halogens is 2. The number of aromatic amines is 1. The van der Waals surface area contributed by atoms with Crippen LogP contribution in [0.3, 0.4) is 0 Å². The van der Waals surface area contributed by atoms with Gasteiger partial charge in [0.25, 0.3) is 11.7 Å². The number of carbonyl (C=O) groups is 1. The van der Waals surface area contributed by atoms with Gasteiger partial charge in [-0.3, -0.25) is 14.5 Å². The van der Waals surface area contributed by atoms with Crippen molar-refractivity contribution in [2.45, 2.75) is 36.1 Å². The Hall–Kier alpha value is -1.74. The van der Waals surface area contributed by atoms with Crippen molar-refractivity contribution in [1.29, 1.82) is 0 Å². The lowest BCUT2D eigenvalue weighted by Crippen LogP contribution is -2.24. The zero-order valence-electron chi connectivity index (χ0n) is 12.0. The highest BCUT2D eigenvalue weighted by atomic mass is 32.2. The van der Waals surface area contributed by atoms with E-state index in [1.54, 1.807) is 0 Å². The van der Waals surface area contributed by atoms with Crippen LogP contribution >= 0.6 is 24.0 Å². The van der Waals surface area contributed by atoms with Crippen molar-refractivity contribution in [3.8, 4) is 0 Å². The van der Waals surface area contributed by atoms with Gasteiger partial charge in [-0.25, -0.2) is 0 Å². The van der Waals surface area contributed by atoms with Crippen LogP contribution in [0.5, 0.6) is 0 Å². The Labute approximate surface area is 140 Å². The molecule has 9 heteroatoms. The van der Waals surface area contributed by atoms with Crippen LogP contribution in [0.2, 0.25) is 0 Å². The maximum absolute atomic E-state index is 12.3. The summed E-state index contributed by atoms with van der Waals surface area (Å²) in [5.41, 5.74) is 0.413. The summed E-state index contributed by atoms with van der Waals surface area (Å²) in [6.07, 6.45) is 2.14. The molecular weight excluding hydrogens is 342 g/mol. The van der Waals surface area contributed by atoms with Crippen molar-refractivity contribution in [3.05, 3.63) is 40.4 Å². The quantitative estimate of drug-likeness (QED) is 0.614. The molecule has 0 aliphatic heterocycles. The van der Waals surface area contributed by atoms with Crippen LogP contribution in [0.25, 0.3) is 0 Å². The molecule has 0 spiro atoms. The molecule has 0 saturated heterocycles. The van der Waals surface area contributed by atoms with Crippen LogP contribution in [0.4, 0.5) is 8.78 Å². The Bertz CT molecular complexity index is 753. The second kappa shape index (κ2) is 6.79. The van der Waals surface area contributed by atoms with Crippen molar-refractivity contribution in [3.63, 3.8) is 0 Å². The normalized spacial score (nSPS) is 14.2. The Morgan fingerprint density at radius 1 is 1.43 bits per heavy atom. The molecular formula is C14H14F2N4OS2. The van der Waals surface area contributed by atoms with Crippen LogP contribution in [-0.2, 0) is 6.54 Å². The first-order chi connectivity index (χ1) is 11.0. The molecule has 1 aromatic carbocycles. The molecule has 0 radical (unpaired) electrons. The minimum atomic E-state index is -2.47. The zero-order valence-corrected chi connectivity index (χ0v) is 13.6. The van der Waals surface area contributed by atoms with E-state index >= 15 is 0 Å². The molecule has 1 amide bonds. The maximum atomic E-state index is 12.3. The number of benzene rings is 1. The Kier molecular flexibility index (Phi) is 4.76. The number of nitrogens with one attached hydrogen (secondary N) is 2. The summed E-state index contributed by atoms with van der Waals surface area (Å²) < 4.78 is 27.0. The summed E-state index contributed by atoms with van der Waals surface area (Å²) in [4.78, 5) is 12.5. The topological polar surface area (TPSA) is 62.7 Å². The van der Waals surface area contributed by atoms with Gasteiger partial charge in [-0.2, -0.15) is 13.9 Å². The average molecular weight is 356 g/mol. The van der Waals surface area contributed by atoms with E-state index in [4.69, 9.17) is 12.2 Å². The number of hydrogen-bond acceptors (Lipinski definition) is 4. The van der Waals surface area contributed by atoms with E-state index in [0.29, 0.717) is 38.9 Å². The second-order valence-electron chi connectivity index (χ2n) is 5.13. The Balaban J connectivity index is 1.62. The standard InChI is InChI=1S/C14H14F2N4OS2/c15-13(16)23-10-5-1-8(2-6-10)12(21)17-7-11-18-19-14(22)20(11)9-3-4-9/h1-2,5-6,9,13H,3-4,7H2,(H,17,21)(H,19,22). The molecule has 0 unspecified atom stereocenters. The van der Waals surface area contributed by atoms with Gasteiger partial charge in [-0.15, -0.1) is 0 Å². The summed E-state index contributed by atoms with van der Waals surface area (Å²) in [6, 6.07) is 6.44. The Morgan fingerprint density at radius 2 is 2.13 bits per heavy atom. The number of carbonyl (C=O) groups excluding carboxylic acids is 1. The molecule has 2 aromatic rings. The van der Waals surface area contributed by atoms with E-state index in [0.717, 1.165) is 12.8 Å². The van der Waals surface area contributed by atoms with Crippen LogP contribution in [0.15, 0.2) is 29.2 Å². The number of rotatable bonds is 6. The number of nitrogens with zero attached hydrogens (tertiary/aromatic N) is 2. The molecule has 1 aliphatic carbocycles. The minimum Gasteiger partial charge on any atom is -0.345 e. The van der Waals surface area contributed by atoms with E-state index < -0.39 is 5.76 Å². The predicted molar refractivity (Wildman–Crippen MR) is 85.2 cm³/mol. The second-order valence-corrected chi connectivity index (χ2v) is 6.58. The number of amides is 1. The lowest BCUT2D eigenvalue weighted by Gasteiger charge is -2.07. The molecule has 1 heterocycles. The molecule has 1 aliphatic rings. The summed E-state index contributed by atoms with van der Waals surface area (Å²) >= 11 is 5.63. The molecule has 0 atom stereocenters. The fourth-order valence-corrected chi connectivity index (χ4v) is 3.02. The van der Waals surface area contributed by atoms with Gasteiger partial charge in [-0.1, -0.05) is 11.8 Å². The smallest absolute Gasteiger partial charge is 0.288 e. The van der Waals surface area contributed by atoms with Crippen LogP contribution in [0.1, 0.15) is 35.1 Å². The van der Waals surface area contributed by atoms with Gasteiger partial charge in [0.1, 0.15) is 0 Å². The molecule has 1 fully saturated rings. The van der Waals surface area contributed by atoms with Gasteiger partial charge >= 0.3 is 0 Å². The summed E-state index contributed by atoms with van der Waals surface area (Å²) in [5, 5.41) is 9.64. The zero-order chi connectivity index (χ0) is 16.4. The number of alkyl halides is 2. The van der Waals surface area contributed by atoms with Gasteiger partial charge in [-0.05, 0) is 49.3 Å². The highest BCUT2D eigenvalue weighted by Gasteiger charge is 2.27. The van der Waals surface area contributed by atoms with Crippen molar-refractivity contribution in [1.82, 2.24) is 20.1 Å². The molecule has 0 bridgehead atoms. The maximum Gasteiger partial charge on any atom is 0.288 e. The van der Waals surface area contributed by atoms with Crippen LogP contribution in [-0.4, -0.2) is 26.4 Å². The monoisotopic (exact) mass is 356 g/mol. The highest BCUT2D eigenvalue weighted by Crippen LogP contribution is 2.35. The SMILES string of the molecule is O=C(NCc1n[nH]c(=S)n1C1CC1)c1ccc(SC(F)F)cc1. The van der Waals surface area contributed by atoms with Gasteiger partial charge in [0, 0.05) is 16.5 Å². The van der Waals surface area contributed by atoms with Gasteiger partial charge in [0.2, 0.25) is 0 Å². The van der Waals surface area contributed by atoms with Crippen molar-refractivity contribution in [2.75, 3.05) is 0 Å². The summed E-state index contributed by atoms with van der Waals surface area (Å²) in [5.74, 6) is -2.06. The predicted octanol–water partition coefficient (Wildman–Crippen LogP) is 3.52. The van der Waals surface area contributed by atoms with E-state index in [1.807, 2.05) is 4.57 Å². The molecule has 122 valence electrons. The third-order valence-corrected chi connectivity index (χ3v) is 4.45. The van der Waals surface area contributed by atoms with Gasteiger partial charge in [0.05, 0.1) is 6.54 Å². The van der Waals surface area contributed by atoms with Gasteiger partial charge < -0.3 is 5.32 Å². The minimum absolute atomic E-state index is 0.260. The van der Waals surface area contributed by atoms with Crippen LogP contribution < -0.4 is 5.32 Å². The lowest BCUT2D eigenvalue weighted by atomic mass is 10.2. The van der Waals surface area contributed by atoms with Crippen molar-refractivity contribution >= 4 is 29.9 Å². The van der Waals surface area contributed by atoms with Crippen molar-refractivity contribution < 1.29 is 13.6 Å². The van der Waals surface area contributed by atoms with Gasteiger partial charge in [0.15, 0.2) is 10.6 Å².